The number of hydrogen-bond donors (Lipinski definition) is 3. The molecule has 1 aliphatic heterocycles. The Hall–Kier alpha value is -2.57. The van der Waals surface area contributed by atoms with E-state index < -0.39 is 0 Å². The predicted molar refractivity (Wildman–Crippen MR) is 109 cm³/mol. The summed E-state index contributed by atoms with van der Waals surface area (Å²) in [6, 6.07) is 14.0. The van der Waals surface area contributed by atoms with Crippen LogP contribution in [0.5, 0.6) is 5.75 Å². The third-order valence-corrected chi connectivity index (χ3v) is 4.43. The van der Waals surface area contributed by atoms with Crippen LogP contribution in [0.3, 0.4) is 0 Å². The monoisotopic (exact) mass is 389 g/mol. The highest BCUT2D eigenvalue weighted by atomic mass is 35.5. The molecule has 0 bridgehead atoms. The lowest BCUT2D eigenvalue weighted by atomic mass is 9.99. The summed E-state index contributed by atoms with van der Waals surface area (Å²) in [5.41, 5.74) is 1.91. The van der Waals surface area contributed by atoms with Crippen LogP contribution in [0.25, 0.3) is 0 Å². The number of hydrogen-bond acceptors (Lipinski definition) is 4. The Morgan fingerprint density at radius 2 is 1.63 bits per heavy atom. The van der Waals surface area contributed by atoms with Gasteiger partial charge in [-0.2, -0.15) is 0 Å². The van der Waals surface area contributed by atoms with Gasteiger partial charge in [-0.1, -0.05) is 0 Å². The van der Waals surface area contributed by atoms with Crippen molar-refractivity contribution in [2.45, 2.75) is 12.8 Å². The molecule has 144 valence electrons. The number of ether oxygens (including phenoxy) is 1. The number of anilines is 2. The van der Waals surface area contributed by atoms with E-state index >= 15 is 0 Å². The highest BCUT2D eigenvalue weighted by Crippen LogP contribution is 2.18. The second-order valence-electron chi connectivity index (χ2n) is 6.29. The number of amides is 2. The van der Waals surface area contributed by atoms with Gasteiger partial charge in [0.15, 0.2) is 0 Å². The first-order chi connectivity index (χ1) is 12.7. The van der Waals surface area contributed by atoms with E-state index in [4.69, 9.17) is 4.74 Å². The van der Waals surface area contributed by atoms with Crippen LogP contribution >= 0.6 is 12.4 Å². The van der Waals surface area contributed by atoms with Crippen LogP contribution < -0.4 is 20.7 Å². The molecule has 1 heterocycles. The summed E-state index contributed by atoms with van der Waals surface area (Å²) >= 11 is 0. The highest BCUT2D eigenvalue weighted by molar-refractivity contribution is 6.04. The molecule has 0 aromatic heterocycles. The van der Waals surface area contributed by atoms with Crippen molar-refractivity contribution >= 4 is 35.6 Å². The molecule has 0 aliphatic carbocycles. The first-order valence-electron chi connectivity index (χ1n) is 8.73. The fraction of sp³-hybridized carbons (Fsp3) is 0.300. The number of carbonyl (C=O) groups is 2. The third-order valence-electron chi connectivity index (χ3n) is 4.43. The molecular formula is C20H24ClN3O3. The van der Waals surface area contributed by atoms with Gasteiger partial charge in [0.05, 0.1) is 13.0 Å². The van der Waals surface area contributed by atoms with Gasteiger partial charge in [0, 0.05) is 23.5 Å². The quantitative estimate of drug-likeness (QED) is 0.733. The van der Waals surface area contributed by atoms with Crippen LogP contribution in [-0.4, -0.2) is 32.0 Å². The van der Waals surface area contributed by atoms with Gasteiger partial charge in [-0.3, -0.25) is 9.59 Å². The molecule has 1 aliphatic rings. The SMILES string of the molecule is COc1ccc(NC(=O)c2ccc(NC(=O)C3CCCNC3)cc2)cc1.Cl. The topological polar surface area (TPSA) is 79.5 Å². The lowest BCUT2D eigenvalue weighted by molar-refractivity contribution is -0.120. The van der Waals surface area contributed by atoms with Crippen LogP contribution in [0.4, 0.5) is 11.4 Å². The van der Waals surface area contributed by atoms with Gasteiger partial charge in [-0.25, -0.2) is 0 Å². The summed E-state index contributed by atoms with van der Waals surface area (Å²) in [5, 5.41) is 8.98. The van der Waals surface area contributed by atoms with Crippen LogP contribution in [0.1, 0.15) is 23.2 Å². The van der Waals surface area contributed by atoms with E-state index in [1.54, 1.807) is 55.6 Å². The minimum Gasteiger partial charge on any atom is -0.497 e. The summed E-state index contributed by atoms with van der Waals surface area (Å²) in [5.74, 6) is 0.551. The maximum Gasteiger partial charge on any atom is 0.255 e. The van der Waals surface area contributed by atoms with Crippen molar-refractivity contribution in [3.05, 3.63) is 54.1 Å². The van der Waals surface area contributed by atoms with Crippen LogP contribution in [-0.2, 0) is 4.79 Å². The number of halogens is 1. The molecule has 1 atom stereocenters. The van der Waals surface area contributed by atoms with Crippen molar-refractivity contribution < 1.29 is 14.3 Å². The van der Waals surface area contributed by atoms with Gasteiger partial charge in [0.25, 0.3) is 5.91 Å². The number of benzene rings is 2. The summed E-state index contributed by atoms with van der Waals surface area (Å²) in [4.78, 5) is 24.6. The number of methoxy groups -OCH3 is 1. The molecule has 2 amide bonds. The van der Waals surface area contributed by atoms with Crippen molar-refractivity contribution in [1.29, 1.82) is 0 Å². The molecule has 3 N–H and O–H groups in total. The molecule has 1 unspecified atom stereocenters. The van der Waals surface area contributed by atoms with E-state index in [0.717, 1.165) is 25.1 Å². The van der Waals surface area contributed by atoms with Gasteiger partial charge in [-0.05, 0) is 67.9 Å². The Morgan fingerprint density at radius 3 is 2.22 bits per heavy atom. The average Bonchev–Trinajstić information content (AvgIpc) is 2.69. The van der Waals surface area contributed by atoms with Gasteiger partial charge in [0.1, 0.15) is 5.75 Å². The van der Waals surface area contributed by atoms with Crippen LogP contribution in [0.15, 0.2) is 48.5 Å². The molecule has 0 radical (unpaired) electrons. The van der Waals surface area contributed by atoms with E-state index in [1.165, 1.54) is 0 Å². The molecule has 2 aromatic rings. The average molecular weight is 390 g/mol. The van der Waals surface area contributed by atoms with Crippen molar-refractivity contribution in [1.82, 2.24) is 5.32 Å². The highest BCUT2D eigenvalue weighted by Gasteiger charge is 2.20. The molecule has 3 rings (SSSR count). The van der Waals surface area contributed by atoms with Crippen LogP contribution in [0, 0.1) is 5.92 Å². The number of carbonyl (C=O) groups excluding carboxylic acids is 2. The lowest BCUT2D eigenvalue weighted by Gasteiger charge is -2.21. The zero-order valence-corrected chi connectivity index (χ0v) is 16.0. The van der Waals surface area contributed by atoms with Gasteiger partial charge in [0.2, 0.25) is 5.91 Å². The largest absolute Gasteiger partial charge is 0.497 e. The maximum absolute atomic E-state index is 12.3. The summed E-state index contributed by atoms with van der Waals surface area (Å²) in [6.45, 7) is 1.69. The minimum atomic E-state index is -0.204. The predicted octanol–water partition coefficient (Wildman–Crippen LogP) is 3.31. The summed E-state index contributed by atoms with van der Waals surface area (Å²) in [6.07, 6.45) is 1.92. The number of nitrogens with one attached hydrogen (secondary N) is 3. The van der Waals surface area contributed by atoms with Gasteiger partial charge >= 0.3 is 0 Å². The van der Waals surface area contributed by atoms with Crippen molar-refractivity contribution in [2.75, 3.05) is 30.8 Å². The van der Waals surface area contributed by atoms with Crippen molar-refractivity contribution in [2.24, 2.45) is 5.92 Å². The molecule has 1 saturated heterocycles. The van der Waals surface area contributed by atoms with Gasteiger partial charge < -0.3 is 20.7 Å². The summed E-state index contributed by atoms with van der Waals surface area (Å²) < 4.78 is 5.10. The van der Waals surface area contributed by atoms with Gasteiger partial charge in [-0.15, -0.1) is 12.4 Å². The third kappa shape index (κ3) is 5.70. The summed E-state index contributed by atoms with van der Waals surface area (Å²) in [7, 11) is 1.60. The van der Waals surface area contributed by atoms with E-state index in [1.807, 2.05) is 0 Å². The zero-order valence-electron chi connectivity index (χ0n) is 15.2. The Bertz CT molecular complexity index is 757. The van der Waals surface area contributed by atoms with Crippen molar-refractivity contribution in [3.8, 4) is 5.75 Å². The molecule has 2 aromatic carbocycles. The Morgan fingerprint density at radius 1 is 1.00 bits per heavy atom. The lowest BCUT2D eigenvalue weighted by Crippen LogP contribution is -2.37. The smallest absolute Gasteiger partial charge is 0.255 e. The maximum atomic E-state index is 12.3. The molecule has 27 heavy (non-hydrogen) atoms. The second-order valence-corrected chi connectivity index (χ2v) is 6.29. The number of rotatable bonds is 5. The van der Waals surface area contributed by atoms with Crippen LogP contribution in [0.2, 0.25) is 0 Å². The molecule has 1 fully saturated rings. The van der Waals surface area contributed by atoms with E-state index in [0.29, 0.717) is 23.5 Å². The first kappa shape index (κ1) is 20.7. The Labute approximate surface area is 165 Å². The Balaban J connectivity index is 0.00000261. The van der Waals surface area contributed by atoms with E-state index in [9.17, 15) is 9.59 Å². The van der Waals surface area contributed by atoms with Crippen molar-refractivity contribution in [3.63, 3.8) is 0 Å². The standard InChI is InChI=1S/C20H23N3O3.ClH/c1-26-18-10-8-17(9-11-18)22-19(24)14-4-6-16(7-5-14)23-20(25)15-3-2-12-21-13-15;/h4-11,15,21H,2-3,12-13H2,1H3,(H,22,24)(H,23,25);1H. The normalized spacial score (nSPS) is 16.0. The number of piperidine rings is 1. The van der Waals surface area contributed by atoms with E-state index in [-0.39, 0.29) is 30.1 Å². The van der Waals surface area contributed by atoms with E-state index in [2.05, 4.69) is 16.0 Å². The molecule has 0 saturated carbocycles. The fourth-order valence-electron chi connectivity index (χ4n) is 2.90. The first-order valence-corrected chi connectivity index (χ1v) is 8.73. The Kier molecular flexibility index (Phi) is 7.64. The molecule has 6 nitrogen and oxygen atoms in total. The second kappa shape index (κ2) is 9.94. The molecule has 0 spiro atoms. The molecular weight excluding hydrogens is 366 g/mol. The zero-order chi connectivity index (χ0) is 18.4. The molecule has 7 heteroatoms. The fourth-order valence-corrected chi connectivity index (χ4v) is 2.90. The minimum absolute atomic E-state index is 0.